The van der Waals surface area contributed by atoms with E-state index in [4.69, 9.17) is 0 Å². The van der Waals surface area contributed by atoms with Crippen LogP contribution in [0.15, 0.2) is 18.2 Å². The Bertz CT molecular complexity index is 360. The molecule has 1 aromatic carbocycles. The van der Waals surface area contributed by atoms with Gasteiger partial charge in [0.1, 0.15) is 5.75 Å². The number of hydrogen-bond donors (Lipinski definition) is 1. The monoisotopic (exact) mass is 177 g/mol. The number of carbonyl (C=O) groups is 1. The van der Waals surface area contributed by atoms with Crippen LogP contribution in [0.25, 0.3) is 0 Å². The first-order chi connectivity index (χ1) is 6.24. The molecule has 0 saturated heterocycles. The van der Waals surface area contributed by atoms with Crippen LogP contribution in [0.5, 0.6) is 5.75 Å². The second-order valence-electron chi connectivity index (χ2n) is 3.09. The number of phenolic OH excluding ortho intramolecular Hbond substituents is 1. The molecule has 0 unspecified atom stereocenters. The van der Waals surface area contributed by atoms with Crippen molar-refractivity contribution >= 4 is 11.6 Å². The molecule has 2 rings (SSSR count). The topological polar surface area (TPSA) is 40.5 Å². The fourth-order valence-corrected chi connectivity index (χ4v) is 1.72. The lowest BCUT2D eigenvalue weighted by Gasteiger charge is -2.14. The quantitative estimate of drug-likeness (QED) is 0.702. The lowest BCUT2D eigenvalue weighted by Crippen LogP contribution is -2.25. The van der Waals surface area contributed by atoms with Gasteiger partial charge in [0.15, 0.2) is 0 Å². The molecular formula is C10H11NO2. The molecule has 0 radical (unpaired) electrons. The zero-order chi connectivity index (χ0) is 9.42. The Kier molecular flexibility index (Phi) is 1.72. The molecule has 3 heteroatoms. The Morgan fingerprint density at radius 2 is 2.31 bits per heavy atom. The Hall–Kier alpha value is -1.51. The molecule has 1 N–H and O–H groups in total. The Morgan fingerprint density at radius 1 is 1.54 bits per heavy atom. The van der Waals surface area contributed by atoms with E-state index in [9.17, 15) is 9.90 Å². The number of anilines is 1. The first kappa shape index (κ1) is 8.10. The van der Waals surface area contributed by atoms with Crippen LogP contribution in [0.1, 0.15) is 12.5 Å². The van der Waals surface area contributed by atoms with Crippen molar-refractivity contribution in [2.75, 3.05) is 11.4 Å². The van der Waals surface area contributed by atoms with E-state index in [0.29, 0.717) is 13.0 Å². The van der Waals surface area contributed by atoms with E-state index in [1.165, 1.54) is 0 Å². The first-order valence-electron chi connectivity index (χ1n) is 4.35. The minimum absolute atomic E-state index is 0.0685. The maximum Gasteiger partial charge on any atom is 0.231 e. The number of carbonyl (C=O) groups excluding carboxylic acids is 1. The molecule has 0 spiro atoms. The molecule has 1 aromatic rings. The van der Waals surface area contributed by atoms with Gasteiger partial charge in [-0.25, -0.2) is 0 Å². The fourth-order valence-electron chi connectivity index (χ4n) is 1.72. The molecule has 0 fully saturated rings. The number of nitrogens with zero attached hydrogens (tertiary/aromatic N) is 1. The number of phenols is 1. The van der Waals surface area contributed by atoms with Gasteiger partial charge < -0.3 is 10.0 Å². The van der Waals surface area contributed by atoms with E-state index in [1.807, 2.05) is 13.0 Å². The highest BCUT2D eigenvalue weighted by Gasteiger charge is 2.27. The molecular weight excluding hydrogens is 166 g/mol. The van der Waals surface area contributed by atoms with Gasteiger partial charge >= 0.3 is 0 Å². The molecule has 1 amide bonds. The predicted molar refractivity (Wildman–Crippen MR) is 49.8 cm³/mol. The minimum atomic E-state index is 0.0685. The summed E-state index contributed by atoms with van der Waals surface area (Å²) in [5, 5.41) is 9.48. The van der Waals surface area contributed by atoms with Gasteiger partial charge in [0.2, 0.25) is 5.91 Å². The summed E-state index contributed by atoms with van der Waals surface area (Å²) in [6.07, 6.45) is 0.329. The van der Waals surface area contributed by atoms with Gasteiger partial charge in [-0.1, -0.05) is 6.07 Å². The minimum Gasteiger partial charge on any atom is -0.508 e. The van der Waals surface area contributed by atoms with Crippen LogP contribution in [0.4, 0.5) is 5.69 Å². The van der Waals surface area contributed by atoms with Crippen molar-refractivity contribution in [3.63, 3.8) is 0 Å². The molecule has 0 bridgehead atoms. The summed E-state index contributed by atoms with van der Waals surface area (Å²) < 4.78 is 0. The van der Waals surface area contributed by atoms with E-state index >= 15 is 0 Å². The molecule has 1 heterocycles. The van der Waals surface area contributed by atoms with Crippen molar-refractivity contribution in [3.05, 3.63) is 23.8 Å². The third kappa shape index (κ3) is 1.08. The van der Waals surface area contributed by atoms with E-state index in [2.05, 4.69) is 0 Å². The van der Waals surface area contributed by atoms with Crippen LogP contribution in [0.3, 0.4) is 0 Å². The number of benzene rings is 1. The van der Waals surface area contributed by atoms with Crippen LogP contribution >= 0.6 is 0 Å². The molecule has 0 aliphatic carbocycles. The third-order valence-electron chi connectivity index (χ3n) is 2.36. The van der Waals surface area contributed by atoms with Gasteiger partial charge in [-0.2, -0.15) is 0 Å². The van der Waals surface area contributed by atoms with Crippen molar-refractivity contribution in [1.29, 1.82) is 0 Å². The van der Waals surface area contributed by atoms with Gasteiger partial charge in [-0.15, -0.1) is 0 Å². The molecule has 1 aliphatic heterocycles. The van der Waals surface area contributed by atoms with E-state index < -0.39 is 0 Å². The Balaban J connectivity index is 2.54. The fraction of sp³-hybridized carbons (Fsp3) is 0.300. The molecule has 0 aromatic heterocycles. The van der Waals surface area contributed by atoms with Crippen molar-refractivity contribution in [3.8, 4) is 5.75 Å². The zero-order valence-corrected chi connectivity index (χ0v) is 7.45. The molecule has 13 heavy (non-hydrogen) atoms. The van der Waals surface area contributed by atoms with Crippen molar-refractivity contribution in [2.45, 2.75) is 13.3 Å². The Morgan fingerprint density at radius 3 is 3.00 bits per heavy atom. The number of fused-ring (bicyclic) bond motifs is 1. The lowest BCUT2D eigenvalue weighted by atomic mass is 10.1. The van der Waals surface area contributed by atoms with E-state index in [0.717, 1.165) is 11.3 Å². The number of amides is 1. The van der Waals surface area contributed by atoms with Gasteiger partial charge in [-0.3, -0.25) is 4.79 Å². The van der Waals surface area contributed by atoms with Crippen molar-refractivity contribution in [2.24, 2.45) is 0 Å². The SMILES string of the molecule is CCN1C(=O)Cc2c(O)cccc21. The summed E-state index contributed by atoms with van der Waals surface area (Å²) in [6, 6.07) is 5.24. The molecule has 68 valence electrons. The average molecular weight is 177 g/mol. The molecule has 1 aliphatic rings. The van der Waals surface area contributed by atoms with Crippen molar-refractivity contribution < 1.29 is 9.90 Å². The third-order valence-corrected chi connectivity index (χ3v) is 2.36. The number of hydrogen-bond acceptors (Lipinski definition) is 2. The number of rotatable bonds is 1. The summed E-state index contributed by atoms with van der Waals surface area (Å²) in [6.45, 7) is 2.59. The van der Waals surface area contributed by atoms with Gasteiger partial charge in [-0.05, 0) is 19.1 Å². The number of likely N-dealkylation sites (N-methyl/N-ethyl adjacent to an activating group) is 1. The normalized spacial score (nSPS) is 14.8. The summed E-state index contributed by atoms with van der Waals surface area (Å²) in [5.41, 5.74) is 1.61. The zero-order valence-electron chi connectivity index (χ0n) is 7.45. The van der Waals surface area contributed by atoms with Crippen LogP contribution in [-0.4, -0.2) is 17.6 Å². The summed E-state index contributed by atoms with van der Waals surface area (Å²) in [7, 11) is 0. The van der Waals surface area contributed by atoms with Gasteiger partial charge in [0.25, 0.3) is 0 Å². The lowest BCUT2D eigenvalue weighted by molar-refractivity contribution is -0.117. The highest BCUT2D eigenvalue weighted by Crippen LogP contribution is 2.34. The smallest absolute Gasteiger partial charge is 0.231 e. The standard InChI is InChI=1S/C10H11NO2/c1-2-11-8-4-3-5-9(12)7(8)6-10(11)13/h3-5,12H,2,6H2,1H3. The maximum absolute atomic E-state index is 11.4. The van der Waals surface area contributed by atoms with Crippen LogP contribution in [0.2, 0.25) is 0 Å². The van der Waals surface area contributed by atoms with E-state index in [1.54, 1.807) is 17.0 Å². The molecule has 0 saturated carbocycles. The molecule has 0 atom stereocenters. The number of aromatic hydroxyl groups is 1. The first-order valence-corrected chi connectivity index (χ1v) is 4.35. The van der Waals surface area contributed by atoms with Crippen LogP contribution < -0.4 is 4.90 Å². The van der Waals surface area contributed by atoms with E-state index in [-0.39, 0.29) is 11.7 Å². The predicted octanol–water partition coefficient (Wildman–Crippen LogP) is 1.30. The Labute approximate surface area is 76.6 Å². The second kappa shape index (κ2) is 2.76. The summed E-state index contributed by atoms with van der Waals surface area (Å²) >= 11 is 0. The molecule has 3 nitrogen and oxygen atoms in total. The summed E-state index contributed by atoms with van der Waals surface area (Å²) in [5.74, 6) is 0.292. The van der Waals surface area contributed by atoms with Gasteiger partial charge in [0.05, 0.1) is 12.1 Å². The van der Waals surface area contributed by atoms with Crippen molar-refractivity contribution in [1.82, 2.24) is 0 Å². The van der Waals surface area contributed by atoms with Crippen LogP contribution in [-0.2, 0) is 11.2 Å². The highest BCUT2D eigenvalue weighted by molar-refractivity contribution is 6.02. The summed E-state index contributed by atoms with van der Waals surface area (Å²) in [4.78, 5) is 13.1. The van der Waals surface area contributed by atoms with Crippen LogP contribution in [0, 0.1) is 0 Å². The highest BCUT2D eigenvalue weighted by atomic mass is 16.3. The maximum atomic E-state index is 11.4. The van der Waals surface area contributed by atoms with Gasteiger partial charge in [0, 0.05) is 12.1 Å². The average Bonchev–Trinajstić information content (AvgIpc) is 2.43. The second-order valence-corrected chi connectivity index (χ2v) is 3.09. The largest absolute Gasteiger partial charge is 0.508 e.